The van der Waals surface area contributed by atoms with Crippen LogP contribution in [0.3, 0.4) is 0 Å². The van der Waals surface area contributed by atoms with E-state index in [0.717, 1.165) is 38.8 Å². The summed E-state index contributed by atoms with van der Waals surface area (Å²) in [5.74, 6) is 1.19. The van der Waals surface area contributed by atoms with Gasteiger partial charge in [-0.25, -0.2) is 0 Å². The first-order chi connectivity index (χ1) is 12.9. The second-order valence-electron chi connectivity index (χ2n) is 8.11. The molecular formula is C21H31N3O3. The standard InChI is InChI=1S/C21H31N3O3/c1-5-8-21(2,3)14-27-18-12-16-15(11-17(18)26-4)20(25)24-10-7-6-9-22-19(24)13-23-16/h11-13,19,22H,5-10,14H2,1-4H3. The number of benzene rings is 1. The van der Waals surface area contributed by atoms with Gasteiger partial charge in [-0.3, -0.25) is 15.1 Å². The molecule has 0 spiro atoms. The highest BCUT2D eigenvalue weighted by molar-refractivity contribution is 6.03. The van der Waals surface area contributed by atoms with Gasteiger partial charge in [0.25, 0.3) is 5.91 Å². The number of nitrogens with one attached hydrogen (secondary N) is 1. The average molecular weight is 373 g/mol. The molecule has 6 nitrogen and oxygen atoms in total. The topological polar surface area (TPSA) is 63.2 Å². The predicted octanol–water partition coefficient (Wildman–Crippen LogP) is 3.77. The third-order valence-corrected chi connectivity index (χ3v) is 5.19. The Morgan fingerprint density at radius 3 is 2.85 bits per heavy atom. The highest BCUT2D eigenvalue weighted by atomic mass is 16.5. The number of carbonyl (C=O) groups excluding carboxylic acids is 1. The zero-order chi connectivity index (χ0) is 19.4. The fourth-order valence-corrected chi connectivity index (χ4v) is 3.69. The van der Waals surface area contributed by atoms with Gasteiger partial charge in [-0.2, -0.15) is 0 Å². The first-order valence-electron chi connectivity index (χ1n) is 9.88. The molecule has 0 saturated carbocycles. The molecular weight excluding hydrogens is 342 g/mol. The third-order valence-electron chi connectivity index (χ3n) is 5.19. The molecule has 0 aliphatic carbocycles. The van der Waals surface area contributed by atoms with Crippen LogP contribution in [-0.4, -0.2) is 50.0 Å². The summed E-state index contributed by atoms with van der Waals surface area (Å²) in [6.07, 6.45) is 5.91. The van der Waals surface area contributed by atoms with Gasteiger partial charge in [-0.1, -0.05) is 27.2 Å². The second kappa shape index (κ2) is 8.30. The van der Waals surface area contributed by atoms with Crippen molar-refractivity contribution < 1.29 is 14.3 Å². The molecule has 2 aliphatic rings. The van der Waals surface area contributed by atoms with Gasteiger partial charge in [-0.05, 0) is 37.3 Å². The number of rotatable bonds is 6. The fourth-order valence-electron chi connectivity index (χ4n) is 3.69. The van der Waals surface area contributed by atoms with Gasteiger partial charge in [0.15, 0.2) is 11.5 Å². The molecule has 0 aromatic heterocycles. The van der Waals surface area contributed by atoms with Crippen molar-refractivity contribution in [2.75, 3.05) is 26.8 Å². The van der Waals surface area contributed by atoms with Crippen molar-refractivity contribution in [1.29, 1.82) is 0 Å². The van der Waals surface area contributed by atoms with Crippen molar-refractivity contribution in [3.8, 4) is 11.5 Å². The van der Waals surface area contributed by atoms with Crippen molar-refractivity contribution in [3.05, 3.63) is 17.7 Å². The van der Waals surface area contributed by atoms with E-state index in [1.807, 2.05) is 17.2 Å². The van der Waals surface area contributed by atoms with Crippen molar-refractivity contribution >= 4 is 17.8 Å². The van der Waals surface area contributed by atoms with Crippen LogP contribution in [0.2, 0.25) is 0 Å². The molecule has 1 N–H and O–H groups in total. The number of amides is 1. The quantitative estimate of drug-likeness (QED) is 0.824. The Morgan fingerprint density at radius 1 is 1.30 bits per heavy atom. The number of fused-ring (bicyclic) bond motifs is 2. The minimum absolute atomic E-state index is 0.0157. The Kier molecular flexibility index (Phi) is 6.05. The summed E-state index contributed by atoms with van der Waals surface area (Å²) in [7, 11) is 1.60. The zero-order valence-electron chi connectivity index (χ0n) is 16.9. The average Bonchev–Trinajstić information content (AvgIpc) is 2.94. The summed E-state index contributed by atoms with van der Waals surface area (Å²) < 4.78 is 11.6. The van der Waals surface area contributed by atoms with Crippen LogP contribution < -0.4 is 14.8 Å². The van der Waals surface area contributed by atoms with E-state index in [4.69, 9.17) is 9.47 Å². The first kappa shape index (κ1) is 19.7. The molecule has 27 heavy (non-hydrogen) atoms. The third kappa shape index (κ3) is 4.43. The molecule has 1 atom stereocenters. The summed E-state index contributed by atoms with van der Waals surface area (Å²) in [6, 6.07) is 3.60. The second-order valence-corrected chi connectivity index (χ2v) is 8.11. The van der Waals surface area contributed by atoms with E-state index in [1.165, 1.54) is 0 Å². The molecule has 0 bridgehead atoms. The van der Waals surface area contributed by atoms with Crippen LogP contribution in [0, 0.1) is 5.41 Å². The maximum absolute atomic E-state index is 13.1. The Labute approximate surface area is 161 Å². The Morgan fingerprint density at radius 2 is 2.11 bits per heavy atom. The van der Waals surface area contributed by atoms with Crippen LogP contribution in [0.25, 0.3) is 0 Å². The lowest BCUT2D eigenvalue weighted by Crippen LogP contribution is -2.48. The zero-order valence-corrected chi connectivity index (χ0v) is 16.9. The van der Waals surface area contributed by atoms with Crippen molar-refractivity contribution in [2.24, 2.45) is 10.4 Å². The molecule has 1 aromatic carbocycles. The van der Waals surface area contributed by atoms with E-state index in [9.17, 15) is 4.79 Å². The number of methoxy groups -OCH3 is 1. The lowest BCUT2D eigenvalue weighted by atomic mass is 9.89. The molecule has 1 fully saturated rings. The lowest BCUT2D eigenvalue weighted by Gasteiger charge is -2.26. The maximum Gasteiger partial charge on any atom is 0.257 e. The van der Waals surface area contributed by atoms with Crippen LogP contribution in [0.4, 0.5) is 5.69 Å². The van der Waals surface area contributed by atoms with E-state index < -0.39 is 0 Å². The van der Waals surface area contributed by atoms with Crippen molar-refractivity contribution in [1.82, 2.24) is 10.2 Å². The molecule has 2 heterocycles. The van der Waals surface area contributed by atoms with E-state index in [0.29, 0.717) is 29.4 Å². The fraction of sp³-hybridized carbons (Fsp3) is 0.619. The van der Waals surface area contributed by atoms with Gasteiger partial charge in [0.1, 0.15) is 6.17 Å². The minimum atomic E-state index is -0.161. The van der Waals surface area contributed by atoms with Crippen LogP contribution in [-0.2, 0) is 0 Å². The molecule has 1 unspecified atom stereocenters. The first-order valence-corrected chi connectivity index (χ1v) is 9.88. The Hall–Kier alpha value is -2.08. The molecule has 1 amide bonds. The van der Waals surface area contributed by atoms with Gasteiger partial charge in [-0.15, -0.1) is 0 Å². The molecule has 1 saturated heterocycles. The Balaban J connectivity index is 1.90. The summed E-state index contributed by atoms with van der Waals surface area (Å²) >= 11 is 0. The van der Waals surface area contributed by atoms with Crippen LogP contribution in [0.5, 0.6) is 11.5 Å². The van der Waals surface area contributed by atoms with E-state index in [1.54, 1.807) is 13.2 Å². The number of nitrogens with zero attached hydrogens (tertiary/aromatic N) is 2. The van der Waals surface area contributed by atoms with Crippen LogP contribution >= 0.6 is 0 Å². The van der Waals surface area contributed by atoms with Crippen LogP contribution in [0.15, 0.2) is 17.1 Å². The van der Waals surface area contributed by atoms with Gasteiger partial charge in [0, 0.05) is 18.8 Å². The largest absolute Gasteiger partial charge is 0.493 e. The number of hydrogen-bond acceptors (Lipinski definition) is 5. The van der Waals surface area contributed by atoms with E-state index in [2.05, 4.69) is 31.1 Å². The SMILES string of the molecule is CCCC(C)(C)COc1cc2c(cc1OC)C(=O)N1CCCCNC1C=N2. The predicted molar refractivity (Wildman–Crippen MR) is 107 cm³/mol. The molecule has 6 heteroatoms. The summed E-state index contributed by atoms with van der Waals surface area (Å²) in [6.45, 7) is 8.77. The molecule has 2 aliphatic heterocycles. The minimum Gasteiger partial charge on any atom is -0.493 e. The summed E-state index contributed by atoms with van der Waals surface area (Å²) in [5.41, 5.74) is 1.28. The number of hydrogen-bond donors (Lipinski definition) is 1. The molecule has 0 radical (unpaired) electrons. The van der Waals surface area contributed by atoms with Crippen molar-refractivity contribution in [3.63, 3.8) is 0 Å². The molecule has 1 aromatic rings. The van der Waals surface area contributed by atoms with Gasteiger partial charge < -0.3 is 14.4 Å². The monoisotopic (exact) mass is 373 g/mol. The smallest absolute Gasteiger partial charge is 0.257 e. The normalized spacial score (nSPS) is 19.8. The summed E-state index contributed by atoms with van der Waals surface area (Å²) in [5, 5.41) is 3.38. The van der Waals surface area contributed by atoms with E-state index >= 15 is 0 Å². The van der Waals surface area contributed by atoms with Crippen LogP contribution in [0.1, 0.15) is 56.8 Å². The highest BCUT2D eigenvalue weighted by Crippen LogP contribution is 2.38. The maximum atomic E-state index is 13.1. The molecule has 148 valence electrons. The number of aliphatic imine (C=N–C) groups is 1. The number of ether oxygens (including phenoxy) is 2. The van der Waals surface area contributed by atoms with Gasteiger partial charge >= 0.3 is 0 Å². The van der Waals surface area contributed by atoms with Gasteiger partial charge in [0.2, 0.25) is 0 Å². The van der Waals surface area contributed by atoms with Crippen molar-refractivity contribution in [2.45, 2.75) is 52.6 Å². The molecule has 3 rings (SSSR count). The Bertz CT molecular complexity index is 715. The summed E-state index contributed by atoms with van der Waals surface area (Å²) in [4.78, 5) is 19.6. The highest BCUT2D eigenvalue weighted by Gasteiger charge is 2.30. The number of carbonyl (C=O) groups is 1. The van der Waals surface area contributed by atoms with Gasteiger partial charge in [0.05, 0.1) is 25.0 Å². The van der Waals surface area contributed by atoms with E-state index in [-0.39, 0.29) is 17.5 Å². The lowest BCUT2D eigenvalue weighted by molar-refractivity contribution is 0.0723.